The monoisotopic (exact) mass is 253 g/mol. The maximum absolute atomic E-state index is 8.89. The molecule has 0 saturated heterocycles. The zero-order valence-electron chi connectivity index (χ0n) is 9.87. The minimum Gasteiger partial charge on any atom is -0.394 e. The van der Waals surface area contributed by atoms with E-state index in [0.717, 1.165) is 29.5 Å². The van der Waals surface area contributed by atoms with E-state index in [1.165, 1.54) is 0 Å². The molecule has 1 aliphatic rings. The molecule has 1 aromatic heterocycles. The van der Waals surface area contributed by atoms with Crippen LogP contribution in [-0.2, 0) is 10.3 Å². The van der Waals surface area contributed by atoms with Gasteiger partial charge in [-0.25, -0.2) is 4.98 Å². The molecule has 3 nitrogen and oxygen atoms in total. The molecule has 0 aromatic carbocycles. The number of nitrogens with zero attached hydrogens (tertiary/aromatic N) is 1. The fourth-order valence-electron chi connectivity index (χ4n) is 2.30. The van der Waals surface area contributed by atoms with E-state index in [-0.39, 0.29) is 6.61 Å². The van der Waals surface area contributed by atoms with Gasteiger partial charge in [-0.15, -0.1) is 0 Å². The molecule has 92 valence electrons. The molecule has 1 N–H and O–H groups in total. The van der Waals surface area contributed by atoms with Crippen molar-refractivity contribution in [3.63, 3.8) is 0 Å². The molecule has 1 heterocycles. The fraction of sp³-hybridized carbons (Fsp3) is 0.462. The van der Waals surface area contributed by atoms with Gasteiger partial charge in [0.15, 0.2) is 0 Å². The lowest BCUT2D eigenvalue weighted by Gasteiger charge is -2.36. The lowest BCUT2D eigenvalue weighted by atomic mass is 9.79. The van der Waals surface area contributed by atoms with Gasteiger partial charge in [0, 0.05) is 11.8 Å². The van der Waals surface area contributed by atoms with Gasteiger partial charge in [0.05, 0.1) is 18.8 Å². The molecule has 1 unspecified atom stereocenters. The molecular formula is C13H16ClNO2. The van der Waals surface area contributed by atoms with E-state index in [9.17, 15) is 0 Å². The van der Waals surface area contributed by atoms with Crippen LogP contribution in [0.2, 0.25) is 5.15 Å². The molecular weight excluding hydrogens is 238 g/mol. The van der Waals surface area contributed by atoms with E-state index in [2.05, 4.69) is 11.6 Å². The minimum atomic E-state index is -0.482. The quantitative estimate of drug-likeness (QED) is 0.843. The largest absolute Gasteiger partial charge is 0.394 e. The van der Waals surface area contributed by atoms with Crippen molar-refractivity contribution in [2.24, 2.45) is 0 Å². The van der Waals surface area contributed by atoms with Crippen molar-refractivity contribution in [2.75, 3.05) is 13.2 Å². The molecule has 1 atom stereocenters. The Hall–Kier alpha value is -0.900. The molecule has 2 rings (SSSR count). The summed E-state index contributed by atoms with van der Waals surface area (Å²) in [6.07, 6.45) is 3.36. The zero-order chi connectivity index (χ0) is 12.5. The number of ether oxygens (including phenoxy) is 1. The Morgan fingerprint density at radius 1 is 1.65 bits per heavy atom. The van der Waals surface area contributed by atoms with Gasteiger partial charge < -0.3 is 9.84 Å². The SMILES string of the molecule is C=C1CCC(C)(OCCO)c2c1ccnc2Cl. The third-order valence-electron chi connectivity index (χ3n) is 3.23. The van der Waals surface area contributed by atoms with Crippen LogP contribution < -0.4 is 0 Å². The summed E-state index contributed by atoms with van der Waals surface area (Å²) in [4.78, 5) is 4.11. The molecule has 0 spiro atoms. The summed E-state index contributed by atoms with van der Waals surface area (Å²) in [7, 11) is 0. The Balaban J connectivity index is 2.47. The van der Waals surface area contributed by atoms with Gasteiger partial charge in [-0.3, -0.25) is 0 Å². The predicted octanol–water partition coefficient (Wildman–Crippen LogP) is 2.77. The maximum atomic E-state index is 8.89. The second-order valence-corrected chi connectivity index (χ2v) is 4.79. The van der Waals surface area contributed by atoms with Crippen molar-refractivity contribution < 1.29 is 9.84 Å². The van der Waals surface area contributed by atoms with Crippen LogP contribution in [0.25, 0.3) is 5.57 Å². The van der Waals surface area contributed by atoms with Crippen molar-refractivity contribution in [3.05, 3.63) is 35.1 Å². The lowest BCUT2D eigenvalue weighted by molar-refractivity contribution is -0.0570. The Morgan fingerprint density at radius 2 is 2.41 bits per heavy atom. The molecule has 17 heavy (non-hydrogen) atoms. The highest BCUT2D eigenvalue weighted by molar-refractivity contribution is 6.30. The lowest BCUT2D eigenvalue weighted by Crippen LogP contribution is -2.32. The number of aliphatic hydroxyl groups is 1. The summed E-state index contributed by atoms with van der Waals surface area (Å²) >= 11 is 6.18. The van der Waals surface area contributed by atoms with Crippen LogP contribution in [0.1, 0.15) is 30.9 Å². The number of aliphatic hydroxyl groups excluding tert-OH is 1. The van der Waals surface area contributed by atoms with Gasteiger partial charge >= 0.3 is 0 Å². The van der Waals surface area contributed by atoms with Crippen LogP contribution in [0, 0.1) is 0 Å². The number of aromatic nitrogens is 1. The standard InChI is InChI=1S/C13H16ClNO2/c1-9-3-5-13(2,17-8-7-16)11-10(9)4-6-15-12(11)14/h4,6,16H,1,3,5,7-8H2,2H3. The zero-order valence-corrected chi connectivity index (χ0v) is 10.6. The van der Waals surface area contributed by atoms with Gasteiger partial charge in [0.1, 0.15) is 5.15 Å². The summed E-state index contributed by atoms with van der Waals surface area (Å²) in [5.74, 6) is 0. The maximum Gasteiger partial charge on any atom is 0.135 e. The second-order valence-electron chi connectivity index (χ2n) is 4.43. The van der Waals surface area contributed by atoms with Crippen LogP contribution in [0.5, 0.6) is 0 Å². The number of halogens is 1. The average Bonchev–Trinajstić information content (AvgIpc) is 2.32. The number of pyridine rings is 1. The van der Waals surface area contributed by atoms with Crippen LogP contribution in [0.15, 0.2) is 18.8 Å². The molecule has 0 bridgehead atoms. The first-order valence-electron chi connectivity index (χ1n) is 5.66. The summed E-state index contributed by atoms with van der Waals surface area (Å²) in [6, 6.07) is 1.92. The normalized spacial score (nSPS) is 23.6. The molecule has 0 radical (unpaired) electrons. The Labute approximate surface area is 106 Å². The van der Waals surface area contributed by atoms with Gasteiger partial charge in [0.2, 0.25) is 0 Å². The van der Waals surface area contributed by atoms with Crippen LogP contribution in [-0.4, -0.2) is 23.3 Å². The first-order chi connectivity index (χ1) is 8.08. The van der Waals surface area contributed by atoms with E-state index in [0.29, 0.717) is 11.8 Å². The summed E-state index contributed by atoms with van der Waals surface area (Å²) in [6.45, 7) is 6.34. The van der Waals surface area contributed by atoms with E-state index in [1.807, 2.05) is 13.0 Å². The van der Waals surface area contributed by atoms with Gasteiger partial charge in [-0.2, -0.15) is 0 Å². The van der Waals surface area contributed by atoms with Gasteiger partial charge in [0.25, 0.3) is 0 Å². The average molecular weight is 254 g/mol. The van der Waals surface area contributed by atoms with Crippen molar-refractivity contribution >= 4 is 17.2 Å². The first kappa shape index (κ1) is 12.6. The highest BCUT2D eigenvalue weighted by Crippen LogP contribution is 2.44. The summed E-state index contributed by atoms with van der Waals surface area (Å²) in [5.41, 5.74) is 2.50. The van der Waals surface area contributed by atoms with E-state index in [4.69, 9.17) is 21.4 Å². The van der Waals surface area contributed by atoms with E-state index < -0.39 is 5.60 Å². The van der Waals surface area contributed by atoms with Crippen molar-refractivity contribution in [1.29, 1.82) is 0 Å². The van der Waals surface area contributed by atoms with Crippen LogP contribution in [0.4, 0.5) is 0 Å². The number of hydrogen-bond donors (Lipinski definition) is 1. The van der Waals surface area contributed by atoms with Crippen molar-refractivity contribution in [3.8, 4) is 0 Å². The third kappa shape index (κ3) is 2.23. The molecule has 0 amide bonds. The van der Waals surface area contributed by atoms with Gasteiger partial charge in [-0.1, -0.05) is 18.2 Å². The fourth-order valence-corrected chi connectivity index (χ4v) is 2.66. The Kier molecular flexibility index (Phi) is 3.52. The minimum absolute atomic E-state index is 0.00372. The number of rotatable bonds is 3. The number of allylic oxidation sites excluding steroid dienone is 1. The molecule has 1 aromatic rings. The smallest absolute Gasteiger partial charge is 0.135 e. The van der Waals surface area contributed by atoms with Crippen LogP contribution in [0.3, 0.4) is 0 Å². The number of fused-ring (bicyclic) bond motifs is 1. The van der Waals surface area contributed by atoms with E-state index in [1.54, 1.807) is 6.20 Å². The molecule has 1 aliphatic carbocycles. The second kappa shape index (κ2) is 4.77. The van der Waals surface area contributed by atoms with Crippen LogP contribution >= 0.6 is 11.6 Å². The Bertz CT molecular complexity index is 447. The Morgan fingerprint density at radius 3 is 3.12 bits per heavy atom. The van der Waals surface area contributed by atoms with Crippen molar-refractivity contribution in [2.45, 2.75) is 25.4 Å². The van der Waals surface area contributed by atoms with Gasteiger partial charge in [-0.05, 0) is 37.0 Å². The topological polar surface area (TPSA) is 42.4 Å². The predicted molar refractivity (Wildman–Crippen MR) is 67.9 cm³/mol. The number of hydrogen-bond acceptors (Lipinski definition) is 3. The van der Waals surface area contributed by atoms with Crippen molar-refractivity contribution in [1.82, 2.24) is 4.98 Å². The highest BCUT2D eigenvalue weighted by atomic mass is 35.5. The third-order valence-corrected chi connectivity index (χ3v) is 3.52. The molecule has 0 aliphatic heterocycles. The summed E-state index contributed by atoms with van der Waals surface area (Å²) < 4.78 is 5.76. The first-order valence-corrected chi connectivity index (χ1v) is 6.04. The molecule has 4 heteroatoms. The highest BCUT2D eigenvalue weighted by Gasteiger charge is 2.36. The molecule has 0 fully saturated rings. The van der Waals surface area contributed by atoms with E-state index >= 15 is 0 Å². The summed E-state index contributed by atoms with van der Waals surface area (Å²) in [5, 5.41) is 9.35. The molecule has 0 saturated carbocycles.